The molecule has 0 heterocycles. The van der Waals surface area contributed by atoms with Crippen molar-refractivity contribution in [3.8, 4) is 11.5 Å². The third-order valence-corrected chi connectivity index (χ3v) is 2.98. The summed E-state index contributed by atoms with van der Waals surface area (Å²) in [5.41, 5.74) is 1.87. The molecular formula is C16H17NO3. The normalized spacial score (nSPS) is 10.2. The first kappa shape index (κ1) is 13.9. The fraction of sp³-hybridized carbons (Fsp3) is 0.188. The summed E-state index contributed by atoms with van der Waals surface area (Å²) < 4.78 is 0. The summed E-state index contributed by atoms with van der Waals surface area (Å²) >= 11 is 0. The molecule has 0 aliphatic rings. The van der Waals surface area contributed by atoms with E-state index in [9.17, 15) is 9.90 Å². The van der Waals surface area contributed by atoms with Gasteiger partial charge >= 0.3 is 0 Å². The lowest BCUT2D eigenvalue weighted by Gasteiger charge is -2.06. The second kappa shape index (κ2) is 6.61. The zero-order valence-electron chi connectivity index (χ0n) is 11.0. The number of phenols is 2. The Kier molecular flexibility index (Phi) is 4.60. The monoisotopic (exact) mass is 271 g/mol. The molecule has 3 N–H and O–H groups in total. The zero-order chi connectivity index (χ0) is 14.4. The highest BCUT2D eigenvalue weighted by Gasteiger charge is 2.03. The topological polar surface area (TPSA) is 69.6 Å². The number of carbonyl (C=O) groups is 1. The number of phenolic OH excluding ortho intramolecular Hbond substituents is 2. The molecule has 4 nitrogen and oxygen atoms in total. The molecule has 0 unspecified atom stereocenters. The highest BCUT2D eigenvalue weighted by Crippen LogP contribution is 2.12. The summed E-state index contributed by atoms with van der Waals surface area (Å²) in [6.07, 6.45) is 1.02. The summed E-state index contributed by atoms with van der Waals surface area (Å²) in [5.74, 6) is 0.379. The fourth-order valence-electron chi connectivity index (χ4n) is 1.88. The highest BCUT2D eigenvalue weighted by atomic mass is 16.3. The van der Waals surface area contributed by atoms with Crippen molar-refractivity contribution in [2.24, 2.45) is 0 Å². The van der Waals surface area contributed by atoms with Gasteiger partial charge in [0.25, 0.3) is 0 Å². The first-order chi connectivity index (χ1) is 9.63. The van der Waals surface area contributed by atoms with Crippen LogP contribution >= 0.6 is 0 Å². The summed E-state index contributed by atoms with van der Waals surface area (Å²) in [6, 6.07) is 13.6. The minimum atomic E-state index is -0.0404. The molecule has 4 heteroatoms. The Morgan fingerprint density at radius 3 is 2.40 bits per heavy atom. The van der Waals surface area contributed by atoms with E-state index >= 15 is 0 Å². The largest absolute Gasteiger partial charge is 0.508 e. The van der Waals surface area contributed by atoms with Gasteiger partial charge in [-0.15, -0.1) is 0 Å². The van der Waals surface area contributed by atoms with Crippen molar-refractivity contribution in [1.29, 1.82) is 0 Å². The molecule has 0 saturated carbocycles. The summed E-state index contributed by atoms with van der Waals surface area (Å²) in [6.45, 7) is 0.406. The molecule has 0 bridgehead atoms. The molecule has 104 valence electrons. The van der Waals surface area contributed by atoms with Crippen molar-refractivity contribution < 1.29 is 15.0 Å². The first-order valence-electron chi connectivity index (χ1n) is 6.46. The zero-order valence-corrected chi connectivity index (χ0v) is 11.0. The van der Waals surface area contributed by atoms with Crippen LogP contribution in [0.1, 0.15) is 17.5 Å². The Morgan fingerprint density at radius 1 is 0.950 bits per heavy atom. The van der Waals surface area contributed by atoms with Crippen LogP contribution in [0.4, 0.5) is 0 Å². The third kappa shape index (κ3) is 4.31. The number of nitrogens with one attached hydrogen (secondary N) is 1. The van der Waals surface area contributed by atoms with Crippen LogP contribution in [0.5, 0.6) is 11.5 Å². The molecule has 0 aliphatic carbocycles. The lowest BCUT2D eigenvalue weighted by Crippen LogP contribution is -2.22. The van der Waals surface area contributed by atoms with Gasteiger partial charge in [-0.25, -0.2) is 0 Å². The van der Waals surface area contributed by atoms with Gasteiger partial charge in [-0.05, 0) is 41.8 Å². The predicted octanol–water partition coefficient (Wildman–Crippen LogP) is 2.35. The van der Waals surface area contributed by atoms with Gasteiger partial charge in [0.15, 0.2) is 0 Å². The van der Waals surface area contributed by atoms with E-state index in [0.717, 1.165) is 11.1 Å². The van der Waals surface area contributed by atoms with E-state index in [0.29, 0.717) is 19.4 Å². The molecule has 0 saturated heterocycles. The van der Waals surface area contributed by atoms with Crippen LogP contribution in [0.3, 0.4) is 0 Å². The summed E-state index contributed by atoms with van der Waals surface area (Å²) in [7, 11) is 0. The van der Waals surface area contributed by atoms with Crippen molar-refractivity contribution in [3.05, 3.63) is 59.7 Å². The van der Waals surface area contributed by atoms with E-state index in [2.05, 4.69) is 5.32 Å². The smallest absolute Gasteiger partial charge is 0.220 e. The number of rotatable bonds is 5. The highest BCUT2D eigenvalue weighted by molar-refractivity contribution is 5.76. The van der Waals surface area contributed by atoms with Gasteiger partial charge in [0.1, 0.15) is 11.5 Å². The molecule has 0 atom stereocenters. The number of carbonyl (C=O) groups excluding carboxylic acids is 1. The molecule has 20 heavy (non-hydrogen) atoms. The van der Waals surface area contributed by atoms with Crippen LogP contribution < -0.4 is 5.32 Å². The van der Waals surface area contributed by atoms with Gasteiger partial charge in [-0.3, -0.25) is 4.79 Å². The lowest BCUT2D eigenvalue weighted by atomic mass is 10.1. The van der Waals surface area contributed by atoms with Crippen LogP contribution in [-0.4, -0.2) is 16.1 Å². The van der Waals surface area contributed by atoms with E-state index in [1.165, 1.54) is 0 Å². The Labute approximate surface area is 117 Å². The second-order valence-corrected chi connectivity index (χ2v) is 4.61. The SMILES string of the molecule is O=C(CCc1ccc(O)cc1)NCc1cccc(O)c1. The van der Waals surface area contributed by atoms with E-state index in [1.54, 1.807) is 42.5 Å². The molecule has 0 spiro atoms. The molecule has 0 radical (unpaired) electrons. The molecule has 2 aromatic rings. The Morgan fingerprint density at radius 2 is 1.70 bits per heavy atom. The van der Waals surface area contributed by atoms with Crippen molar-refractivity contribution in [2.75, 3.05) is 0 Å². The number of benzene rings is 2. The van der Waals surface area contributed by atoms with Crippen LogP contribution in [-0.2, 0) is 17.8 Å². The fourth-order valence-corrected chi connectivity index (χ4v) is 1.88. The van der Waals surface area contributed by atoms with E-state index in [4.69, 9.17) is 5.11 Å². The van der Waals surface area contributed by atoms with Gasteiger partial charge in [0.05, 0.1) is 0 Å². The minimum Gasteiger partial charge on any atom is -0.508 e. The minimum absolute atomic E-state index is 0.0404. The van der Waals surface area contributed by atoms with Crippen LogP contribution in [0, 0.1) is 0 Å². The molecule has 0 aliphatic heterocycles. The van der Waals surface area contributed by atoms with E-state index < -0.39 is 0 Å². The van der Waals surface area contributed by atoms with Gasteiger partial charge in [-0.2, -0.15) is 0 Å². The standard InChI is InChI=1S/C16H17NO3/c18-14-7-4-12(5-8-14)6-9-16(20)17-11-13-2-1-3-15(19)10-13/h1-5,7-8,10,18-19H,6,9,11H2,(H,17,20). The predicted molar refractivity (Wildman–Crippen MR) is 76.4 cm³/mol. The van der Waals surface area contributed by atoms with Crippen molar-refractivity contribution in [2.45, 2.75) is 19.4 Å². The van der Waals surface area contributed by atoms with Crippen molar-refractivity contribution >= 4 is 5.91 Å². The Bertz CT molecular complexity index is 579. The summed E-state index contributed by atoms with van der Waals surface area (Å²) in [4.78, 5) is 11.7. The van der Waals surface area contributed by atoms with Gasteiger partial charge in [-0.1, -0.05) is 24.3 Å². The maximum absolute atomic E-state index is 11.7. The second-order valence-electron chi connectivity index (χ2n) is 4.61. The van der Waals surface area contributed by atoms with Gasteiger partial charge in [0.2, 0.25) is 5.91 Å². The lowest BCUT2D eigenvalue weighted by molar-refractivity contribution is -0.121. The molecule has 2 aromatic carbocycles. The van der Waals surface area contributed by atoms with Gasteiger partial charge in [0, 0.05) is 13.0 Å². The van der Waals surface area contributed by atoms with Crippen molar-refractivity contribution in [3.63, 3.8) is 0 Å². The number of hydrogen-bond acceptors (Lipinski definition) is 3. The molecule has 1 amide bonds. The van der Waals surface area contributed by atoms with E-state index in [1.807, 2.05) is 6.07 Å². The van der Waals surface area contributed by atoms with Crippen LogP contribution in [0.2, 0.25) is 0 Å². The Hall–Kier alpha value is -2.49. The number of amides is 1. The van der Waals surface area contributed by atoms with Crippen LogP contribution in [0.25, 0.3) is 0 Å². The first-order valence-corrected chi connectivity index (χ1v) is 6.46. The third-order valence-electron chi connectivity index (χ3n) is 2.98. The van der Waals surface area contributed by atoms with E-state index in [-0.39, 0.29) is 17.4 Å². The molecular weight excluding hydrogens is 254 g/mol. The number of aromatic hydroxyl groups is 2. The molecule has 0 aromatic heterocycles. The van der Waals surface area contributed by atoms with Crippen LogP contribution in [0.15, 0.2) is 48.5 Å². The van der Waals surface area contributed by atoms with Gasteiger partial charge < -0.3 is 15.5 Å². The molecule has 0 fully saturated rings. The Balaban J connectivity index is 1.77. The number of aryl methyl sites for hydroxylation is 1. The van der Waals surface area contributed by atoms with Crippen molar-refractivity contribution in [1.82, 2.24) is 5.32 Å². The molecule has 2 rings (SSSR count). The average molecular weight is 271 g/mol. The number of hydrogen-bond donors (Lipinski definition) is 3. The maximum Gasteiger partial charge on any atom is 0.220 e. The quantitative estimate of drug-likeness (QED) is 0.781. The average Bonchev–Trinajstić information content (AvgIpc) is 2.45. The summed E-state index contributed by atoms with van der Waals surface area (Å²) in [5, 5.41) is 21.3. The maximum atomic E-state index is 11.7.